The van der Waals surface area contributed by atoms with Crippen molar-refractivity contribution in [2.24, 2.45) is 0 Å². The second-order valence-corrected chi connectivity index (χ2v) is 6.97. The topological polar surface area (TPSA) is 69.3 Å². The molecule has 0 bridgehead atoms. The summed E-state index contributed by atoms with van der Waals surface area (Å²) >= 11 is 1.44. The van der Waals surface area contributed by atoms with Gasteiger partial charge in [0.2, 0.25) is 5.78 Å². The highest BCUT2D eigenvalue weighted by Gasteiger charge is 2.28. The molecule has 0 saturated heterocycles. The van der Waals surface area contributed by atoms with Gasteiger partial charge in [0.25, 0.3) is 5.56 Å². The van der Waals surface area contributed by atoms with E-state index in [4.69, 9.17) is 0 Å². The number of carbonyl (C=O) groups excluding carboxylic acids is 1. The van der Waals surface area contributed by atoms with Gasteiger partial charge in [-0.1, -0.05) is 30.0 Å². The van der Waals surface area contributed by atoms with Crippen LogP contribution < -0.4 is 5.56 Å². The van der Waals surface area contributed by atoms with E-state index in [9.17, 15) is 9.59 Å². The number of hydrogen-bond acceptors (Lipinski definition) is 5. The van der Waals surface area contributed by atoms with E-state index in [2.05, 4.69) is 16.8 Å². The molecule has 3 aromatic rings. The van der Waals surface area contributed by atoms with Crippen molar-refractivity contribution >= 4 is 34.2 Å². The Morgan fingerprint density at radius 3 is 2.88 bits per heavy atom. The summed E-state index contributed by atoms with van der Waals surface area (Å²) in [7, 11) is 0. The number of rotatable bonds is 4. The van der Waals surface area contributed by atoms with Crippen LogP contribution in [0.2, 0.25) is 0 Å². The molecule has 7 heteroatoms. The molecule has 0 N–H and O–H groups in total. The maximum atomic E-state index is 12.7. The lowest BCUT2D eigenvalue weighted by Crippen LogP contribution is -2.23. The molecule has 1 saturated carbocycles. The number of fused-ring (bicyclic) bond motifs is 3. The fourth-order valence-electron chi connectivity index (χ4n) is 3.14. The van der Waals surface area contributed by atoms with Gasteiger partial charge >= 0.3 is 0 Å². The number of aromatic nitrogens is 4. The predicted molar refractivity (Wildman–Crippen MR) is 93.5 cm³/mol. The van der Waals surface area contributed by atoms with E-state index in [-0.39, 0.29) is 16.6 Å². The lowest BCUT2D eigenvalue weighted by molar-refractivity contribution is -0.116. The average Bonchev–Trinajstić information content (AvgIpc) is 3.19. The zero-order valence-electron chi connectivity index (χ0n) is 13.0. The highest BCUT2D eigenvalue weighted by molar-refractivity contribution is 8.00. The highest BCUT2D eigenvalue weighted by Crippen LogP contribution is 2.32. The third-order valence-corrected chi connectivity index (χ3v) is 5.54. The number of thioether (sulfide) groups is 1. The molecule has 0 radical (unpaired) electrons. The highest BCUT2D eigenvalue weighted by atomic mass is 32.2. The summed E-state index contributed by atoms with van der Waals surface area (Å²) in [4.78, 5) is 24.7. The molecule has 2 heterocycles. The van der Waals surface area contributed by atoms with Gasteiger partial charge in [0.15, 0.2) is 5.16 Å². The summed E-state index contributed by atoms with van der Waals surface area (Å²) in [5.74, 6) is 0.743. The van der Waals surface area contributed by atoms with Crippen LogP contribution in [0, 0.1) is 0 Å². The molecule has 24 heavy (non-hydrogen) atoms. The van der Waals surface area contributed by atoms with Crippen LogP contribution >= 0.6 is 11.8 Å². The smallest absolute Gasteiger partial charge is 0.263 e. The summed E-state index contributed by atoms with van der Waals surface area (Å²) in [6.07, 6.45) is 4.09. The van der Waals surface area contributed by atoms with E-state index in [1.165, 1.54) is 11.8 Å². The predicted octanol–water partition coefficient (Wildman–Crippen LogP) is 2.44. The van der Waals surface area contributed by atoms with Crippen molar-refractivity contribution < 1.29 is 4.79 Å². The molecule has 1 fully saturated rings. The number of nitrogens with zero attached hydrogens (tertiary/aromatic N) is 4. The van der Waals surface area contributed by atoms with Gasteiger partial charge in [0.05, 0.1) is 16.2 Å². The average molecular weight is 340 g/mol. The quantitative estimate of drug-likeness (QED) is 0.682. The van der Waals surface area contributed by atoms with Crippen molar-refractivity contribution in [2.45, 2.75) is 36.2 Å². The zero-order valence-corrected chi connectivity index (χ0v) is 13.8. The minimum atomic E-state index is -0.112. The zero-order chi connectivity index (χ0) is 16.7. The van der Waals surface area contributed by atoms with Crippen LogP contribution in [-0.4, -0.2) is 30.2 Å². The lowest BCUT2D eigenvalue weighted by Gasteiger charge is -2.10. The Balaban J connectivity index is 1.98. The number of allylic oxidation sites excluding steroid dienone is 1. The van der Waals surface area contributed by atoms with Crippen molar-refractivity contribution in [2.75, 3.05) is 0 Å². The minimum Gasteiger partial charge on any atom is -0.298 e. The molecule has 2 aromatic heterocycles. The Bertz CT molecular complexity index is 1020. The van der Waals surface area contributed by atoms with Gasteiger partial charge in [-0.15, -0.1) is 16.8 Å². The lowest BCUT2D eigenvalue weighted by atomic mass is 10.2. The van der Waals surface area contributed by atoms with E-state index in [1.54, 1.807) is 16.7 Å². The van der Waals surface area contributed by atoms with Crippen LogP contribution in [0.3, 0.4) is 0 Å². The molecule has 1 atom stereocenters. The largest absolute Gasteiger partial charge is 0.298 e. The Kier molecular flexibility index (Phi) is 3.72. The fraction of sp³-hybridized carbons (Fsp3) is 0.294. The van der Waals surface area contributed by atoms with Crippen molar-refractivity contribution in [1.82, 2.24) is 19.2 Å². The van der Waals surface area contributed by atoms with Gasteiger partial charge in [0.1, 0.15) is 5.78 Å². The molecule has 0 spiro atoms. The van der Waals surface area contributed by atoms with E-state index < -0.39 is 0 Å². The van der Waals surface area contributed by atoms with Crippen LogP contribution in [0.25, 0.3) is 16.7 Å². The number of para-hydroxylation sites is 1. The summed E-state index contributed by atoms with van der Waals surface area (Å²) in [6.45, 7) is 4.08. The summed E-state index contributed by atoms with van der Waals surface area (Å²) in [6, 6.07) is 7.40. The molecule has 0 aliphatic heterocycles. The molecule has 4 rings (SSSR count). The monoisotopic (exact) mass is 340 g/mol. The third kappa shape index (κ3) is 2.27. The Morgan fingerprint density at radius 2 is 2.12 bits per heavy atom. The molecule has 1 aliphatic rings. The van der Waals surface area contributed by atoms with Gasteiger partial charge in [-0.3, -0.25) is 18.6 Å². The second kappa shape index (κ2) is 5.90. The van der Waals surface area contributed by atoms with Crippen LogP contribution in [0.5, 0.6) is 0 Å². The standard InChI is InChI=1S/C17H16N4O2S/c1-2-10-20-15(23)11-6-3-4-7-12(11)21-16(20)18-19-17(21)24-14-9-5-8-13(14)22/h2-4,6-7,14H,1,5,8-10H2/t14-/m0/s1. The van der Waals surface area contributed by atoms with Gasteiger partial charge in [0, 0.05) is 13.0 Å². The van der Waals surface area contributed by atoms with Crippen LogP contribution in [-0.2, 0) is 11.3 Å². The molecule has 1 aromatic carbocycles. The maximum absolute atomic E-state index is 12.7. The van der Waals surface area contributed by atoms with Crippen molar-refractivity contribution in [3.63, 3.8) is 0 Å². The number of hydrogen-bond donors (Lipinski definition) is 0. The first-order valence-electron chi connectivity index (χ1n) is 7.87. The number of carbonyl (C=O) groups is 1. The molecule has 1 aliphatic carbocycles. The van der Waals surface area contributed by atoms with Crippen molar-refractivity contribution in [3.8, 4) is 0 Å². The SMILES string of the molecule is C=CCn1c(=O)c2ccccc2n2c(S[C@H]3CCCC3=O)nnc12. The van der Waals surface area contributed by atoms with E-state index >= 15 is 0 Å². The number of benzene rings is 1. The molecular weight excluding hydrogens is 324 g/mol. The normalized spacial score (nSPS) is 17.8. The van der Waals surface area contributed by atoms with Crippen molar-refractivity contribution in [1.29, 1.82) is 0 Å². The fourth-order valence-corrected chi connectivity index (χ4v) is 4.30. The summed E-state index contributed by atoms with van der Waals surface area (Å²) in [5, 5.41) is 9.65. The first kappa shape index (κ1) is 15.1. The molecule has 0 unspecified atom stereocenters. The first-order valence-corrected chi connectivity index (χ1v) is 8.75. The van der Waals surface area contributed by atoms with Gasteiger partial charge < -0.3 is 0 Å². The van der Waals surface area contributed by atoms with Crippen LogP contribution in [0.1, 0.15) is 19.3 Å². The van der Waals surface area contributed by atoms with Gasteiger partial charge in [-0.05, 0) is 25.0 Å². The van der Waals surface area contributed by atoms with E-state index in [0.717, 1.165) is 18.4 Å². The van der Waals surface area contributed by atoms with E-state index in [0.29, 0.717) is 29.3 Å². The van der Waals surface area contributed by atoms with Crippen LogP contribution in [0.15, 0.2) is 46.9 Å². The maximum Gasteiger partial charge on any atom is 0.263 e. The Hall–Kier alpha value is -2.41. The molecular formula is C17H16N4O2S. The van der Waals surface area contributed by atoms with Crippen molar-refractivity contribution in [3.05, 3.63) is 47.3 Å². The molecule has 122 valence electrons. The van der Waals surface area contributed by atoms with Gasteiger partial charge in [-0.2, -0.15) is 0 Å². The summed E-state index contributed by atoms with van der Waals surface area (Å²) < 4.78 is 3.43. The van der Waals surface area contributed by atoms with Gasteiger partial charge in [-0.25, -0.2) is 0 Å². The number of ketones is 1. The first-order chi connectivity index (χ1) is 11.7. The minimum absolute atomic E-state index is 0.0732. The molecule has 0 amide bonds. The Morgan fingerprint density at radius 1 is 1.29 bits per heavy atom. The second-order valence-electron chi connectivity index (χ2n) is 5.80. The summed E-state index contributed by atoms with van der Waals surface area (Å²) in [5.41, 5.74) is 0.648. The Labute approximate surface area is 142 Å². The van der Waals surface area contributed by atoms with E-state index in [1.807, 2.05) is 22.6 Å². The number of Topliss-reactive ketones (excluding diaryl/α,β-unsaturated/α-hetero) is 1. The molecule has 6 nitrogen and oxygen atoms in total. The third-order valence-electron chi connectivity index (χ3n) is 4.29. The van der Waals surface area contributed by atoms with Crippen LogP contribution in [0.4, 0.5) is 0 Å².